The van der Waals surface area contributed by atoms with Crippen LogP contribution in [0.2, 0.25) is 0 Å². The SMILES string of the molecule is COc1ccc(OCCNCC2CCCC(C=O)N2S(=O)(=O)c2ccc3ncsc3c2)cc1OC. The Hall–Kier alpha value is -2.73. The van der Waals surface area contributed by atoms with E-state index in [1.807, 2.05) is 0 Å². The molecule has 188 valence electrons. The third-order valence-corrected chi connectivity index (χ3v) is 8.81. The summed E-state index contributed by atoms with van der Waals surface area (Å²) in [6.45, 7) is 1.31. The molecule has 2 heterocycles. The number of carbonyl (C=O) groups is 1. The van der Waals surface area contributed by atoms with E-state index in [1.54, 1.807) is 56.1 Å². The largest absolute Gasteiger partial charge is 0.493 e. The Morgan fingerprint density at radius 3 is 2.74 bits per heavy atom. The van der Waals surface area contributed by atoms with Gasteiger partial charge in [0.15, 0.2) is 11.5 Å². The molecule has 11 heteroatoms. The summed E-state index contributed by atoms with van der Waals surface area (Å²) in [6, 6.07) is 9.22. The molecule has 1 aliphatic rings. The van der Waals surface area contributed by atoms with Gasteiger partial charge >= 0.3 is 0 Å². The van der Waals surface area contributed by atoms with Crippen molar-refractivity contribution in [3.05, 3.63) is 41.9 Å². The van der Waals surface area contributed by atoms with Crippen molar-refractivity contribution in [1.82, 2.24) is 14.6 Å². The zero-order valence-corrected chi connectivity index (χ0v) is 21.3. The van der Waals surface area contributed by atoms with E-state index in [-0.39, 0.29) is 10.9 Å². The predicted octanol–water partition coefficient (Wildman–Crippen LogP) is 3.09. The minimum atomic E-state index is -3.86. The van der Waals surface area contributed by atoms with Gasteiger partial charge in [0.05, 0.1) is 40.9 Å². The molecule has 0 radical (unpaired) electrons. The van der Waals surface area contributed by atoms with Crippen molar-refractivity contribution in [3.63, 3.8) is 0 Å². The van der Waals surface area contributed by atoms with Gasteiger partial charge in [-0.3, -0.25) is 0 Å². The van der Waals surface area contributed by atoms with E-state index in [0.29, 0.717) is 49.8 Å². The summed E-state index contributed by atoms with van der Waals surface area (Å²) in [6.07, 6.45) is 2.73. The number of piperidine rings is 1. The Morgan fingerprint density at radius 2 is 1.97 bits per heavy atom. The minimum Gasteiger partial charge on any atom is -0.493 e. The maximum absolute atomic E-state index is 13.6. The van der Waals surface area contributed by atoms with Crippen molar-refractivity contribution >= 4 is 37.9 Å². The second-order valence-electron chi connectivity index (χ2n) is 8.17. The summed E-state index contributed by atoms with van der Waals surface area (Å²) >= 11 is 1.39. The average molecular weight is 520 g/mol. The molecule has 9 nitrogen and oxygen atoms in total. The Morgan fingerprint density at radius 1 is 1.14 bits per heavy atom. The normalized spacial score (nSPS) is 18.9. The minimum absolute atomic E-state index is 0.185. The lowest BCUT2D eigenvalue weighted by atomic mass is 9.99. The fourth-order valence-corrected chi connectivity index (χ4v) is 6.94. The van der Waals surface area contributed by atoms with Gasteiger partial charge in [-0.25, -0.2) is 13.4 Å². The van der Waals surface area contributed by atoms with E-state index in [9.17, 15) is 13.2 Å². The maximum atomic E-state index is 13.6. The second-order valence-corrected chi connectivity index (χ2v) is 10.9. The highest BCUT2D eigenvalue weighted by molar-refractivity contribution is 7.89. The van der Waals surface area contributed by atoms with Gasteiger partial charge in [0.25, 0.3) is 0 Å². The summed E-state index contributed by atoms with van der Waals surface area (Å²) < 4.78 is 45.7. The van der Waals surface area contributed by atoms with Crippen LogP contribution in [0.4, 0.5) is 0 Å². The molecule has 0 bridgehead atoms. The number of benzene rings is 2. The molecule has 0 amide bonds. The van der Waals surface area contributed by atoms with Crippen LogP contribution in [0.15, 0.2) is 46.8 Å². The first-order chi connectivity index (χ1) is 17.0. The second kappa shape index (κ2) is 11.3. The molecule has 3 aromatic rings. The van der Waals surface area contributed by atoms with Crippen LogP contribution in [0.1, 0.15) is 19.3 Å². The number of thiazole rings is 1. The molecule has 2 atom stereocenters. The number of hydrogen-bond donors (Lipinski definition) is 1. The van der Waals surface area contributed by atoms with Crippen molar-refractivity contribution in [2.24, 2.45) is 0 Å². The van der Waals surface area contributed by atoms with Crippen LogP contribution in [0.25, 0.3) is 10.2 Å². The van der Waals surface area contributed by atoms with Crippen LogP contribution in [0, 0.1) is 0 Å². The highest BCUT2D eigenvalue weighted by Crippen LogP contribution is 2.32. The number of ether oxygens (including phenoxy) is 3. The van der Waals surface area contributed by atoms with Crippen LogP contribution in [0.3, 0.4) is 0 Å². The Bertz CT molecular complexity index is 1260. The summed E-state index contributed by atoms with van der Waals surface area (Å²) in [5.41, 5.74) is 2.44. The molecule has 1 fully saturated rings. The highest BCUT2D eigenvalue weighted by Gasteiger charge is 2.39. The number of aromatic nitrogens is 1. The number of rotatable bonds is 11. The van der Waals surface area contributed by atoms with Gasteiger partial charge in [-0.2, -0.15) is 4.31 Å². The lowest BCUT2D eigenvalue weighted by Gasteiger charge is -2.38. The van der Waals surface area contributed by atoms with Crippen LogP contribution in [-0.4, -0.2) is 70.0 Å². The van der Waals surface area contributed by atoms with Gasteiger partial charge in [0.1, 0.15) is 18.6 Å². The van der Waals surface area contributed by atoms with Gasteiger partial charge in [0, 0.05) is 25.2 Å². The quantitative estimate of drug-likeness (QED) is 0.304. The molecule has 1 N–H and O–H groups in total. The van der Waals surface area contributed by atoms with Gasteiger partial charge in [-0.15, -0.1) is 11.3 Å². The molecule has 4 rings (SSSR count). The number of hydrogen-bond acceptors (Lipinski definition) is 9. The first-order valence-electron chi connectivity index (χ1n) is 11.4. The number of nitrogens with zero attached hydrogens (tertiary/aromatic N) is 2. The standard InChI is InChI=1S/C24H29N3O6S2/c1-31-22-9-6-19(12-23(22)32-2)33-11-10-25-14-17-4-3-5-18(15-28)27(17)35(29,30)20-7-8-21-24(13-20)34-16-26-21/h6-9,12-13,15-18,25H,3-5,10-11,14H2,1-2H3. The fourth-order valence-electron chi connectivity index (χ4n) is 4.32. The lowest BCUT2D eigenvalue weighted by molar-refractivity contribution is -0.112. The molecule has 0 spiro atoms. The maximum Gasteiger partial charge on any atom is 0.244 e. The lowest BCUT2D eigenvalue weighted by Crippen LogP contribution is -2.54. The van der Waals surface area contributed by atoms with Crippen molar-refractivity contribution < 1.29 is 27.4 Å². The summed E-state index contributed by atoms with van der Waals surface area (Å²) in [7, 11) is -0.720. The average Bonchev–Trinajstić information content (AvgIpc) is 3.36. The van der Waals surface area contributed by atoms with Crippen LogP contribution in [-0.2, 0) is 14.8 Å². The van der Waals surface area contributed by atoms with E-state index in [4.69, 9.17) is 14.2 Å². The van der Waals surface area contributed by atoms with Crippen molar-refractivity contribution in [3.8, 4) is 17.2 Å². The Kier molecular flexibility index (Phi) is 8.22. The summed E-state index contributed by atoms with van der Waals surface area (Å²) in [4.78, 5) is 16.2. The fraction of sp³-hybridized carbons (Fsp3) is 0.417. The highest BCUT2D eigenvalue weighted by atomic mass is 32.2. The Labute approximate surface area is 209 Å². The Balaban J connectivity index is 1.40. The molecular weight excluding hydrogens is 490 g/mol. The van der Waals surface area contributed by atoms with Crippen molar-refractivity contribution in [2.75, 3.05) is 33.9 Å². The van der Waals surface area contributed by atoms with Gasteiger partial charge < -0.3 is 24.3 Å². The summed E-state index contributed by atoms with van der Waals surface area (Å²) in [5, 5.41) is 3.29. The zero-order chi connectivity index (χ0) is 24.8. The number of methoxy groups -OCH3 is 2. The third-order valence-electron chi connectivity index (χ3n) is 6.04. The van der Waals surface area contributed by atoms with Gasteiger partial charge in [0.2, 0.25) is 10.0 Å². The van der Waals surface area contributed by atoms with Crippen molar-refractivity contribution in [1.29, 1.82) is 0 Å². The topological polar surface area (TPSA) is 107 Å². The van der Waals surface area contributed by atoms with E-state index in [1.165, 1.54) is 15.6 Å². The van der Waals surface area contributed by atoms with E-state index >= 15 is 0 Å². The summed E-state index contributed by atoms with van der Waals surface area (Å²) in [5.74, 6) is 1.85. The van der Waals surface area contributed by atoms with E-state index in [2.05, 4.69) is 10.3 Å². The van der Waals surface area contributed by atoms with E-state index in [0.717, 1.165) is 22.9 Å². The number of aldehydes is 1. The van der Waals surface area contributed by atoms with Crippen LogP contribution in [0.5, 0.6) is 17.2 Å². The molecule has 1 aliphatic heterocycles. The number of carbonyl (C=O) groups excluding carboxylic acids is 1. The molecule has 0 saturated carbocycles. The van der Waals surface area contributed by atoms with Crippen molar-refractivity contribution in [2.45, 2.75) is 36.2 Å². The number of sulfonamides is 1. The first-order valence-corrected chi connectivity index (χ1v) is 13.7. The zero-order valence-electron chi connectivity index (χ0n) is 19.7. The monoisotopic (exact) mass is 519 g/mol. The van der Waals surface area contributed by atoms with Crippen LogP contribution >= 0.6 is 11.3 Å². The molecule has 1 saturated heterocycles. The number of fused-ring (bicyclic) bond motifs is 1. The third kappa shape index (κ3) is 5.58. The van der Waals surface area contributed by atoms with Crippen LogP contribution < -0.4 is 19.5 Å². The van der Waals surface area contributed by atoms with E-state index < -0.39 is 16.1 Å². The van der Waals surface area contributed by atoms with Gasteiger partial charge in [-0.1, -0.05) is 0 Å². The number of nitrogens with one attached hydrogen (secondary N) is 1. The molecule has 35 heavy (non-hydrogen) atoms. The van der Waals surface area contributed by atoms with Gasteiger partial charge in [-0.05, 0) is 49.6 Å². The smallest absolute Gasteiger partial charge is 0.244 e. The molecular formula is C24H29N3O6S2. The molecule has 2 aromatic carbocycles. The predicted molar refractivity (Wildman–Crippen MR) is 134 cm³/mol. The molecule has 2 unspecified atom stereocenters. The molecule has 1 aromatic heterocycles. The first kappa shape index (κ1) is 25.4. The molecule has 0 aliphatic carbocycles.